The highest BCUT2D eigenvalue weighted by Crippen LogP contribution is 2.31. The second-order valence-electron chi connectivity index (χ2n) is 7.21. The van der Waals surface area contributed by atoms with Gasteiger partial charge in [0.25, 0.3) is 0 Å². The van der Waals surface area contributed by atoms with Crippen molar-refractivity contribution < 1.29 is 14.3 Å². The summed E-state index contributed by atoms with van der Waals surface area (Å²) in [5, 5.41) is 2.92. The number of carbonyl (C=O) groups excluding carboxylic acids is 2. The Morgan fingerprint density at radius 1 is 1.29 bits per heavy atom. The highest BCUT2D eigenvalue weighted by Gasteiger charge is 2.36. The van der Waals surface area contributed by atoms with Crippen LogP contribution in [0.4, 0.5) is 10.5 Å². The molecular weight excluding hydrogens is 306 g/mol. The maximum absolute atomic E-state index is 12.8. The lowest BCUT2D eigenvalue weighted by molar-refractivity contribution is -0.124. The summed E-state index contributed by atoms with van der Waals surface area (Å²) >= 11 is 0. The summed E-state index contributed by atoms with van der Waals surface area (Å²) in [5.74, 6) is 0.558. The van der Waals surface area contributed by atoms with E-state index in [1.165, 1.54) is 0 Å². The van der Waals surface area contributed by atoms with Crippen LogP contribution in [0.5, 0.6) is 5.75 Å². The molecule has 0 aliphatic carbocycles. The number of hydrogen-bond acceptors (Lipinski definition) is 3. The number of amides is 3. The maximum Gasteiger partial charge on any atom is 0.318 e. The summed E-state index contributed by atoms with van der Waals surface area (Å²) in [6, 6.07) is 5.02. The summed E-state index contributed by atoms with van der Waals surface area (Å²) in [5.41, 5.74) is 1.47. The van der Waals surface area contributed by atoms with Crippen LogP contribution in [0.1, 0.15) is 33.3 Å². The van der Waals surface area contributed by atoms with E-state index < -0.39 is 6.04 Å². The second-order valence-corrected chi connectivity index (χ2v) is 7.21. The van der Waals surface area contributed by atoms with Crippen LogP contribution in [0, 0.1) is 6.92 Å². The Labute approximate surface area is 143 Å². The molecule has 1 atom stereocenters. The largest absolute Gasteiger partial charge is 0.495 e. The molecule has 6 nitrogen and oxygen atoms in total. The first kappa shape index (κ1) is 18.1. The number of ether oxygens (including phenoxy) is 1. The van der Waals surface area contributed by atoms with Crippen LogP contribution in [0.15, 0.2) is 18.2 Å². The quantitative estimate of drug-likeness (QED) is 0.905. The van der Waals surface area contributed by atoms with Crippen LogP contribution in [-0.2, 0) is 4.79 Å². The molecule has 0 saturated carbocycles. The fourth-order valence-corrected chi connectivity index (χ4v) is 2.79. The maximum atomic E-state index is 12.8. The van der Waals surface area contributed by atoms with Gasteiger partial charge >= 0.3 is 6.03 Å². The minimum absolute atomic E-state index is 0.103. The van der Waals surface area contributed by atoms with Gasteiger partial charge < -0.3 is 19.9 Å². The molecule has 1 N–H and O–H groups in total. The van der Waals surface area contributed by atoms with Crippen molar-refractivity contribution in [3.8, 4) is 5.75 Å². The van der Waals surface area contributed by atoms with Crippen molar-refractivity contribution in [3.05, 3.63) is 23.8 Å². The molecule has 1 saturated heterocycles. The van der Waals surface area contributed by atoms with Crippen LogP contribution < -0.4 is 15.0 Å². The van der Waals surface area contributed by atoms with Crippen molar-refractivity contribution >= 4 is 17.6 Å². The number of nitrogens with zero attached hydrogens (tertiary/aromatic N) is 2. The molecule has 1 heterocycles. The third-order valence-electron chi connectivity index (χ3n) is 4.02. The number of methoxy groups -OCH3 is 1. The first-order valence-electron chi connectivity index (χ1n) is 8.19. The van der Waals surface area contributed by atoms with Gasteiger partial charge in [-0.25, -0.2) is 4.79 Å². The molecule has 1 fully saturated rings. The topological polar surface area (TPSA) is 61.9 Å². The van der Waals surface area contributed by atoms with E-state index in [-0.39, 0.29) is 17.5 Å². The van der Waals surface area contributed by atoms with Crippen LogP contribution in [0.3, 0.4) is 0 Å². The predicted molar refractivity (Wildman–Crippen MR) is 94.5 cm³/mol. The first-order valence-corrected chi connectivity index (χ1v) is 8.19. The molecule has 2 rings (SSSR count). The molecule has 132 valence electrons. The van der Waals surface area contributed by atoms with Gasteiger partial charge in [-0.3, -0.25) is 4.79 Å². The number of carbonyl (C=O) groups is 2. The number of nitrogens with one attached hydrogen (secondary N) is 1. The molecule has 0 aromatic heterocycles. The van der Waals surface area contributed by atoms with Gasteiger partial charge in [0, 0.05) is 18.6 Å². The number of benzene rings is 1. The standard InChI is InChI=1S/C18H27N3O3/c1-12-7-8-15(24-6)14(11-12)21-10-9-20(13(2)16(21)22)17(23)19-18(3,4)5/h7-8,11,13H,9-10H2,1-6H3,(H,19,23)/t13-/m0/s1. The van der Waals surface area contributed by atoms with Gasteiger partial charge in [-0.05, 0) is 52.3 Å². The Kier molecular flexibility index (Phi) is 5.06. The zero-order valence-corrected chi connectivity index (χ0v) is 15.3. The van der Waals surface area contributed by atoms with Crippen molar-refractivity contribution in [2.45, 2.75) is 46.2 Å². The van der Waals surface area contributed by atoms with Gasteiger partial charge in [0.05, 0.1) is 12.8 Å². The van der Waals surface area contributed by atoms with Gasteiger partial charge in [-0.1, -0.05) is 6.07 Å². The molecule has 0 bridgehead atoms. The summed E-state index contributed by atoms with van der Waals surface area (Å²) in [6.45, 7) is 10.4. The third kappa shape index (κ3) is 3.80. The van der Waals surface area contributed by atoms with Gasteiger partial charge in [-0.2, -0.15) is 0 Å². The van der Waals surface area contributed by atoms with Gasteiger partial charge in [0.15, 0.2) is 0 Å². The molecule has 1 aromatic rings. The molecule has 0 radical (unpaired) electrons. The molecule has 1 aromatic carbocycles. The fraction of sp³-hybridized carbons (Fsp3) is 0.556. The van der Waals surface area contributed by atoms with Crippen LogP contribution in [-0.4, -0.2) is 48.6 Å². The van der Waals surface area contributed by atoms with E-state index in [0.717, 1.165) is 11.3 Å². The van der Waals surface area contributed by atoms with Gasteiger partial charge in [0.1, 0.15) is 11.8 Å². The number of hydrogen-bond donors (Lipinski definition) is 1. The molecule has 1 aliphatic heterocycles. The SMILES string of the molecule is COc1ccc(C)cc1N1CCN(C(=O)NC(C)(C)C)[C@@H](C)C1=O. The van der Waals surface area contributed by atoms with Crippen molar-refractivity contribution in [1.82, 2.24) is 10.2 Å². The van der Waals surface area contributed by atoms with Crippen LogP contribution >= 0.6 is 0 Å². The molecule has 24 heavy (non-hydrogen) atoms. The lowest BCUT2D eigenvalue weighted by Crippen LogP contribution is -2.61. The van der Waals surface area contributed by atoms with E-state index >= 15 is 0 Å². The normalized spacial score (nSPS) is 18.6. The molecule has 1 aliphatic rings. The Morgan fingerprint density at radius 3 is 2.54 bits per heavy atom. The summed E-state index contributed by atoms with van der Waals surface area (Å²) < 4.78 is 5.39. The Morgan fingerprint density at radius 2 is 1.96 bits per heavy atom. The van der Waals surface area contributed by atoms with Crippen molar-refractivity contribution in [1.29, 1.82) is 0 Å². The molecule has 0 spiro atoms. The zero-order chi connectivity index (χ0) is 18.1. The predicted octanol–water partition coefficient (Wildman–Crippen LogP) is 2.55. The van der Waals surface area contributed by atoms with Gasteiger partial charge in [-0.15, -0.1) is 0 Å². The van der Waals surface area contributed by atoms with E-state index in [0.29, 0.717) is 18.8 Å². The Balaban J connectivity index is 2.21. The summed E-state index contributed by atoms with van der Waals surface area (Å²) in [4.78, 5) is 28.5. The number of urea groups is 1. The summed E-state index contributed by atoms with van der Waals surface area (Å²) in [7, 11) is 1.59. The minimum Gasteiger partial charge on any atom is -0.495 e. The van der Waals surface area contributed by atoms with Crippen molar-refractivity contribution in [3.63, 3.8) is 0 Å². The van der Waals surface area contributed by atoms with Crippen LogP contribution in [0.25, 0.3) is 0 Å². The number of rotatable bonds is 2. The van der Waals surface area contributed by atoms with E-state index in [2.05, 4.69) is 5.32 Å². The Bertz CT molecular complexity index is 637. The lowest BCUT2D eigenvalue weighted by Gasteiger charge is -2.40. The highest BCUT2D eigenvalue weighted by molar-refractivity contribution is 6.01. The number of aryl methyl sites for hydroxylation is 1. The number of anilines is 1. The molecular formula is C18H27N3O3. The first-order chi connectivity index (χ1) is 11.1. The van der Waals surface area contributed by atoms with Crippen molar-refractivity contribution in [2.24, 2.45) is 0 Å². The highest BCUT2D eigenvalue weighted by atomic mass is 16.5. The van der Waals surface area contributed by atoms with E-state index in [1.54, 1.807) is 23.8 Å². The smallest absolute Gasteiger partial charge is 0.318 e. The van der Waals surface area contributed by atoms with Gasteiger partial charge in [0.2, 0.25) is 5.91 Å². The fourth-order valence-electron chi connectivity index (χ4n) is 2.79. The zero-order valence-electron chi connectivity index (χ0n) is 15.3. The average molecular weight is 333 g/mol. The van der Waals surface area contributed by atoms with Crippen molar-refractivity contribution in [2.75, 3.05) is 25.1 Å². The number of piperazine rings is 1. The van der Waals surface area contributed by atoms with E-state index in [9.17, 15) is 9.59 Å². The average Bonchev–Trinajstić information content (AvgIpc) is 2.48. The van der Waals surface area contributed by atoms with E-state index in [1.807, 2.05) is 45.9 Å². The molecule has 6 heteroatoms. The monoisotopic (exact) mass is 333 g/mol. The Hall–Kier alpha value is -2.24. The van der Waals surface area contributed by atoms with Crippen LogP contribution in [0.2, 0.25) is 0 Å². The molecule has 0 unspecified atom stereocenters. The minimum atomic E-state index is -0.522. The lowest BCUT2D eigenvalue weighted by atomic mass is 10.1. The summed E-state index contributed by atoms with van der Waals surface area (Å²) in [6.07, 6.45) is 0. The second kappa shape index (κ2) is 6.71. The molecule has 3 amide bonds. The third-order valence-corrected chi connectivity index (χ3v) is 4.02. The van der Waals surface area contributed by atoms with E-state index in [4.69, 9.17) is 4.74 Å².